The molecule has 0 bridgehead atoms. The van der Waals surface area contributed by atoms with Crippen LogP contribution in [0.5, 0.6) is 5.75 Å². The molecule has 1 atom stereocenters. The largest absolute Gasteiger partial charge is 0.506 e. The maximum absolute atomic E-state index is 12.9. The number of aromatic amines is 1. The quantitative estimate of drug-likeness (QED) is 0.225. The van der Waals surface area contributed by atoms with Crippen LogP contribution in [-0.2, 0) is 19.0 Å². The molecule has 3 aromatic rings. The van der Waals surface area contributed by atoms with E-state index in [1.165, 1.54) is 43.6 Å². The summed E-state index contributed by atoms with van der Waals surface area (Å²) in [6.07, 6.45) is 3.21. The third-order valence-electron chi connectivity index (χ3n) is 7.74. The minimum Gasteiger partial charge on any atom is -0.506 e. The fourth-order valence-corrected chi connectivity index (χ4v) is 5.03. The number of carbonyl (C=O) groups is 1. The summed E-state index contributed by atoms with van der Waals surface area (Å²) in [4.78, 5) is 32.8. The molecule has 0 aromatic carbocycles. The van der Waals surface area contributed by atoms with E-state index in [2.05, 4.69) is 47.4 Å². The van der Waals surface area contributed by atoms with Crippen molar-refractivity contribution in [1.82, 2.24) is 15.0 Å². The molecule has 2 saturated heterocycles. The van der Waals surface area contributed by atoms with Crippen LogP contribution in [0.3, 0.4) is 0 Å². The van der Waals surface area contributed by atoms with E-state index in [1.807, 2.05) is 28.5 Å². The number of methoxy groups -OCH3 is 1. The van der Waals surface area contributed by atoms with Gasteiger partial charge in [0.2, 0.25) is 0 Å². The molecule has 46 heavy (non-hydrogen) atoms. The highest BCUT2D eigenvalue weighted by Gasteiger charge is 2.42. The van der Waals surface area contributed by atoms with E-state index >= 15 is 0 Å². The molecule has 13 heteroatoms. The highest BCUT2D eigenvalue weighted by molar-refractivity contribution is 7.13. The van der Waals surface area contributed by atoms with Crippen molar-refractivity contribution >= 4 is 23.6 Å². The Balaban J connectivity index is 0.000000240. The Morgan fingerprint density at radius 2 is 1.87 bits per heavy atom. The third kappa shape index (κ3) is 12.4. The van der Waals surface area contributed by atoms with E-state index in [1.54, 1.807) is 6.92 Å². The predicted molar refractivity (Wildman–Crippen MR) is 177 cm³/mol. The van der Waals surface area contributed by atoms with Gasteiger partial charge in [-0.1, -0.05) is 40.2 Å². The van der Waals surface area contributed by atoms with Gasteiger partial charge in [-0.3, -0.25) is 9.59 Å². The number of halogens is 2. The average Bonchev–Trinajstić information content (AvgIpc) is 3.76. The second kappa shape index (κ2) is 20.0. The lowest BCUT2D eigenvalue weighted by molar-refractivity contribution is -0.231. The van der Waals surface area contributed by atoms with Gasteiger partial charge in [-0.15, -0.1) is 11.3 Å². The molecular formula is C33H48F2N4O6S. The van der Waals surface area contributed by atoms with Crippen LogP contribution >= 0.6 is 11.3 Å². The number of aromatic nitrogens is 3. The van der Waals surface area contributed by atoms with Crippen LogP contribution in [0.1, 0.15) is 71.2 Å². The van der Waals surface area contributed by atoms with E-state index in [0.717, 1.165) is 56.5 Å². The lowest BCUT2D eigenvalue weighted by Gasteiger charge is -2.44. The molecule has 5 heterocycles. The van der Waals surface area contributed by atoms with Crippen molar-refractivity contribution in [3.63, 3.8) is 0 Å². The smallest absolute Gasteiger partial charge is 0.297 e. The first kappa shape index (κ1) is 38.8. The molecule has 1 unspecified atom stereocenters. The van der Waals surface area contributed by atoms with Gasteiger partial charge in [0.15, 0.2) is 5.82 Å². The summed E-state index contributed by atoms with van der Waals surface area (Å²) < 4.78 is 40.9. The molecule has 0 saturated carbocycles. The molecule has 5 rings (SSSR count). The number of carbonyl (C=O) groups excluding carboxylic acids is 1. The van der Waals surface area contributed by atoms with Gasteiger partial charge in [0, 0.05) is 37.5 Å². The van der Waals surface area contributed by atoms with Gasteiger partial charge < -0.3 is 29.2 Å². The van der Waals surface area contributed by atoms with Crippen LogP contribution in [0.15, 0.2) is 40.6 Å². The lowest BCUT2D eigenvalue weighted by atomic mass is 9.88. The Kier molecular flexibility index (Phi) is 16.8. The monoisotopic (exact) mass is 666 g/mol. The Bertz CT molecular complexity index is 1350. The maximum atomic E-state index is 12.9. The first-order valence-electron chi connectivity index (χ1n) is 15.5. The van der Waals surface area contributed by atoms with Crippen molar-refractivity contribution in [1.29, 1.82) is 0 Å². The average molecular weight is 667 g/mol. The maximum Gasteiger partial charge on any atom is 0.297 e. The zero-order valence-corrected chi connectivity index (χ0v) is 28.4. The molecule has 256 valence electrons. The highest BCUT2D eigenvalue weighted by Crippen LogP contribution is 2.31. The normalized spacial score (nSPS) is 15.4. The van der Waals surface area contributed by atoms with Crippen molar-refractivity contribution in [3.8, 4) is 16.3 Å². The van der Waals surface area contributed by atoms with Crippen LogP contribution in [0.2, 0.25) is 0 Å². The number of ether oxygens (including phenoxy) is 3. The molecular weight excluding hydrogens is 618 g/mol. The number of alkyl halides is 2. The van der Waals surface area contributed by atoms with E-state index in [-0.39, 0.29) is 22.7 Å². The van der Waals surface area contributed by atoms with Gasteiger partial charge in [-0.25, -0.2) is 18.7 Å². The minimum atomic E-state index is -2.64. The topological polar surface area (TPSA) is 127 Å². The molecule has 0 spiro atoms. The summed E-state index contributed by atoms with van der Waals surface area (Å²) in [7, 11) is 1.31. The van der Waals surface area contributed by atoms with Gasteiger partial charge in [0.1, 0.15) is 17.2 Å². The number of hydrogen-bond donors (Lipinski definition) is 2. The molecule has 2 fully saturated rings. The summed E-state index contributed by atoms with van der Waals surface area (Å²) in [5, 5.41) is 10.7. The van der Waals surface area contributed by atoms with Crippen LogP contribution in [0, 0.1) is 18.8 Å². The predicted octanol–water partition coefficient (Wildman–Crippen LogP) is 6.79. The summed E-state index contributed by atoms with van der Waals surface area (Å²) in [5.74, 6) is 1.67. The fourth-order valence-electron chi connectivity index (χ4n) is 4.35. The Morgan fingerprint density at radius 3 is 2.33 bits per heavy atom. The number of rotatable bonds is 10. The first-order chi connectivity index (χ1) is 22.0. The Labute approximate surface area is 274 Å². The zero-order valence-electron chi connectivity index (χ0n) is 27.6. The number of hydrogen-bond acceptors (Lipinski definition) is 10. The Morgan fingerprint density at radius 1 is 1.20 bits per heavy atom. The van der Waals surface area contributed by atoms with Crippen LogP contribution in [0.25, 0.3) is 10.6 Å². The standard InChI is InChI=1S/C13H13F2N3S.C12H24O2.C6H7NO2.C2H4O2/c14-12(15)13-16-9(10-4-3-7-19-10)8-11(17-13)18-5-1-2-6-18;1-5-11(4)6-7-14-12(10(2)3)8-13-9-12;1-4-2-5(8)3-7-6(4)9;1-4-2-3/h3-4,7-8,12H,1-2,5-6H2;10-11H,5-9H2,1-4H3;2-3,8H,1H3,(H,7,9);2H,1H3. The zero-order chi connectivity index (χ0) is 34.1. The van der Waals surface area contributed by atoms with Crippen molar-refractivity contribution in [2.24, 2.45) is 11.8 Å². The van der Waals surface area contributed by atoms with E-state index in [4.69, 9.17) is 19.4 Å². The molecule has 2 N–H and O–H groups in total. The van der Waals surface area contributed by atoms with E-state index in [0.29, 0.717) is 29.5 Å². The number of aromatic hydroxyl groups is 1. The molecule has 10 nitrogen and oxygen atoms in total. The lowest BCUT2D eigenvalue weighted by Crippen LogP contribution is -2.56. The molecule has 0 radical (unpaired) electrons. The number of anilines is 1. The van der Waals surface area contributed by atoms with Gasteiger partial charge in [-0.05, 0) is 55.5 Å². The Hall–Kier alpha value is -3.42. The number of pyridine rings is 1. The molecule has 2 aliphatic heterocycles. The summed E-state index contributed by atoms with van der Waals surface area (Å²) >= 11 is 1.49. The second-order valence-corrected chi connectivity index (χ2v) is 12.5. The van der Waals surface area contributed by atoms with Crippen molar-refractivity contribution in [2.45, 2.75) is 72.3 Å². The fraction of sp³-hybridized carbons (Fsp3) is 0.576. The van der Waals surface area contributed by atoms with E-state index in [9.17, 15) is 13.6 Å². The van der Waals surface area contributed by atoms with Crippen LogP contribution < -0.4 is 10.5 Å². The van der Waals surface area contributed by atoms with Crippen LogP contribution in [0.4, 0.5) is 14.6 Å². The number of aryl methyl sites for hydroxylation is 1. The number of H-pyrrole nitrogens is 1. The van der Waals surface area contributed by atoms with Crippen LogP contribution in [-0.4, -0.2) is 72.2 Å². The van der Waals surface area contributed by atoms with Crippen molar-refractivity contribution in [3.05, 3.63) is 57.6 Å². The minimum absolute atomic E-state index is 0.0352. The van der Waals surface area contributed by atoms with Gasteiger partial charge in [0.25, 0.3) is 18.5 Å². The van der Waals surface area contributed by atoms with Crippen molar-refractivity contribution in [2.75, 3.05) is 44.9 Å². The van der Waals surface area contributed by atoms with Gasteiger partial charge >= 0.3 is 0 Å². The summed E-state index contributed by atoms with van der Waals surface area (Å²) in [5.41, 5.74) is 0.984. The van der Waals surface area contributed by atoms with E-state index < -0.39 is 6.43 Å². The number of nitrogens with zero attached hydrogens (tertiary/aromatic N) is 3. The summed E-state index contributed by atoms with van der Waals surface area (Å²) in [6.45, 7) is 15.2. The highest BCUT2D eigenvalue weighted by atomic mass is 32.1. The number of thiophene rings is 1. The first-order valence-corrected chi connectivity index (χ1v) is 16.4. The molecule has 3 aromatic heterocycles. The summed E-state index contributed by atoms with van der Waals surface area (Å²) in [6, 6.07) is 7.00. The SMILES string of the molecule is CCC(C)CCOC1(C(C)C)COC1.COC=O.Cc1cc(O)c[nH]c1=O.FC(F)c1nc(-c2cccs2)cc(N2CCCC2)n1. The molecule has 0 amide bonds. The third-order valence-corrected chi connectivity index (χ3v) is 8.63. The molecule has 0 aliphatic carbocycles. The molecule has 2 aliphatic rings. The van der Waals surface area contributed by atoms with Gasteiger partial charge in [0.05, 0.1) is 30.9 Å². The second-order valence-electron chi connectivity index (χ2n) is 11.5. The number of nitrogens with one attached hydrogen (secondary N) is 1. The van der Waals surface area contributed by atoms with Gasteiger partial charge in [-0.2, -0.15) is 0 Å². The van der Waals surface area contributed by atoms with Crippen molar-refractivity contribution < 1.29 is 32.9 Å².